The third-order valence-electron chi connectivity index (χ3n) is 3.31. The van der Waals surface area contributed by atoms with Crippen LogP contribution in [0.1, 0.15) is 31.4 Å². The van der Waals surface area contributed by atoms with Crippen molar-refractivity contribution in [3.63, 3.8) is 0 Å². The summed E-state index contributed by atoms with van der Waals surface area (Å²) in [5.41, 5.74) is 1.34. The molecule has 1 aromatic rings. The molecule has 0 amide bonds. The number of aryl methyl sites for hydroxylation is 1. The summed E-state index contributed by atoms with van der Waals surface area (Å²) in [6.07, 6.45) is 1.09. The van der Waals surface area contributed by atoms with Gasteiger partial charge < -0.3 is 9.84 Å². The normalized spacial score (nSPS) is 14.1. The first-order chi connectivity index (χ1) is 7.92. The molecule has 0 aliphatic rings. The Bertz CT molecular complexity index is 412. The molecule has 0 saturated carbocycles. The van der Waals surface area contributed by atoms with Gasteiger partial charge in [-0.05, 0) is 38.3 Å². The summed E-state index contributed by atoms with van der Waals surface area (Å²) in [6, 6.07) is 5.85. The number of hydrogen-bond acceptors (Lipinski definition) is 2. The second-order valence-corrected chi connectivity index (χ2v) is 4.71. The molecule has 94 valence electrons. The Balaban J connectivity index is 3.08. The Labute approximate surface area is 102 Å². The summed E-state index contributed by atoms with van der Waals surface area (Å²) >= 11 is 0. The Hall–Kier alpha value is -1.51. The van der Waals surface area contributed by atoms with E-state index in [0.29, 0.717) is 12.8 Å². The van der Waals surface area contributed by atoms with E-state index in [-0.39, 0.29) is 0 Å². The summed E-state index contributed by atoms with van der Waals surface area (Å²) in [6.45, 7) is 5.67. The fourth-order valence-electron chi connectivity index (χ4n) is 1.82. The maximum atomic E-state index is 11.3. The lowest BCUT2D eigenvalue weighted by molar-refractivity contribution is -0.148. The third-order valence-corrected chi connectivity index (χ3v) is 3.31. The van der Waals surface area contributed by atoms with Gasteiger partial charge in [-0.15, -0.1) is 0 Å². The van der Waals surface area contributed by atoms with E-state index in [2.05, 4.69) is 0 Å². The number of methoxy groups -OCH3 is 1. The van der Waals surface area contributed by atoms with E-state index >= 15 is 0 Å². The fraction of sp³-hybridized carbons (Fsp3) is 0.500. The van der Waals surface area contributed by atoms with Crippen molar-refractivity contribution in [3.8, 4) is 5.75 Å². The molecule has 1 rings (SSSR count). The van der Waals surface area contributed by atoms with Crippen molar-refractivity contribution in [1.29, 1.82) is 0 Å². The summed E-state index contributed by atoms with van der Waals surface area (Å²) in [5.74, 6) is 0.0000779. The van der Waals surface area contributed by atoms with E-state index < -0.39 is 11.4 Å². The predicted octanol–water partition coefficient (Wildman–Crippen LogP) is 3.05. The Morgan fingerprint density at radius 2 is 2.12 bits per heavy atom. The van der Waals surface area contributed by atoms with E-state index in [1.54, 1.807) is 14.0 Å². The fourth-order valence-corrected chi connectivity index (χ4v) is 1.82. The molecule has 0 aromatic heterocycles. The third kappa shape index (κ3) is 2.99. The number of carboxylic acids is 1. The predicted molar refractivity (Wildman–Crippen MR) is 67.5 cm³/mol. The number of aliphatic carboxylic acids is 1. The van der Waals surface area contributed by atoms with Crippen molar-refractivity contribution in [2.75, 3.05) is 7.11 Å². The van der Waals surface area contributed by atoms with Gasteiger partial charge in [0.1, 0.15) is 5.75 Å². The first-order valence-corrected chi connectivity index (χ1v) is 5.80. The van der Waals surface area contributed by atoms with Gasteiger partial charge in [0.05, 0.1) is 12.5 Å². The van der Waals surface area contributed by atoms with Crippen LogP contribution >= 0.6 is 0 Å². The average Bonchev–Trinajstić information content (AvgIpc) is 2.29. The standard InChI is InChI=1S/C14H20O3/c1-5-14(3,13(15)16)9-11-8-10(2)6-7-12(11)17-4/h6-8H,5,9H2,1-4H3,(H,15,16). The zero-order valence-electron chi connectivity index (χ0n) is 10.9. The second kappa shape index (κ2) is 5.21. The second-order valence-electron chi connectivity index (χ2n) is 4.71. The lowest BCUT2D eigenvalue weighted by Gasteiger charge is -2.24. The van der Waals surface area contributed by atoms with Gasteiger partial charge in [-0.2, -0.15) is 0 Å². The zero-order chi connectivity index (χ0) is 13.1. The SMILES string of the molecule is CCC(C)(Cc1cc(C)ccc1OC)C(=O)O. The highest BCUT2D eigenvalue weighted by Crippen LogP contribution is 2.31. The molecular formula is C14H20O3. The molecule has 0 aliphatic carbocycles. The number of carbonyl (C=O) groups is 1. The van der Waals surface area contributed by atoms with Crippen LogP contribution in [-0.2, 0) is 11.2 Å². The quantitative estimate of drug-likeness (QED) is 0.854. The van der Waals surface area contributed by atoms with Gasteiger partial charge in [0, 0.05) is 0 Å². The van der Waals surface area contributed by atoms with Gasteiger partial charge in [-0.25, -0.2) is 0 Å². The molecule has 0 saturated heterocycles. The maximum absolute atomic E-state index is 11.3. The van der Waals surface area contributed by atoms with Crippen LogP contribution in [0.5, 0.6) is 5.75 Å². The molecule has 3 heteroatoms. The van der Waals surface area contributed by atoms with Gasteiger partial charge in [-0.1, -0.05) is 24.6 Å². The average molecular weight is 236 g/mol. The molecule has 0 spiro atoms. The highest BCUT2D eigenvalue weighted by atomic mass is 16.5. The molecule has 1 N–H and O–H groups in total. The maximum Gasteiger partial charge on any atom is 0.309 e. The first kappa shape index (κ1) is 13.6. The summed E-state index contributed by atoms with van der Waals surface area (Å²) < 4.78 is 5.28. The number of hydrogen-bond donors (Lipinski definition) is 1. The van der Waals surface area contributed by atoms with E-state index in [4.69, 9.17) is 4.74 Å². The van der Waals surface area contributed by atoms with Crippen molar-refractivity contribution < 1.29 is 14.6 Å². The van der Waals surface area contributed by atoms with Gasteiger partial charge in [0.2, 0.25) is 0 Å². The molecule has 17 heavy (non-hydrogen) atoms. The van der Waals surface area contributed by atoms with Crippen LogP contribution in [0.15, 0.2) is 18.2 Å². The molecule has 1 atom stereocenters. The number of rotatable bonds is 5. The molecule has 1 aromatic carbocycles. The van der Waals surface area contributed by atoms with Crippen LogP contribution in [0, 0.1) is 12.3 Å². The van der Waals surface area contributed by atoms with E-state index in [0.717, 1.165) is 16.9 Å². The smallest absolute Gasteiger partial charge is 0.309 e. The molecule has 0 heterocycles. The molecule has 0 fully saturated rings. The van der Waals surface area contributed by atoms with E-state index in [9.17, 15) is 9.90 Å². The highest BCUT2D eigenvalue weighted by molar-refractivity contribution is 5.74. The lowest BCUT2D eigenvalue weighted by atomic mass is 9.81. The number of benzene rings is 1. The van der Waals surface area contributed by atoms with E-state index in [1.807, 2.05) is 32.0 Å². The van der Waals surface area contributed by atoms with Crippen molar-refractivity contribution in [2.24, 2.45) is 5.41 Å². The van der Waals surface area contributed by atoms with Crippen molar-refractivity contribution >= 4 is 5.97 Å². The number of ether oxygens (including phenoxy) is 1. The van der Waals surface area contributed by atoms with Gasteiger partial charge in [0.15, 0.2) is 0 Å². The molecular weight excluding hydrogens is 216 g/mol. The van der Waals surface area contributed by atoms with Crippen LogP contribution in [0.25, 0.3) is 0 Å². The van der Waals surface area contributed by atoms with Crippen molar-refractivity contribution in [3.05, 3.63) is 29.3 Å². The molecule has 1 unspecified atom stereocenters. The monoisotopic (exact) mass is 236 g/mol. The van der Waals surface area contributed by atoms with Gasteiger partial charge >= 0.3 is 5.97 Å². The largest absolute Gasteiger partial charge is 0.496 e. The van der Waals surface area contributed by atoms with Crippen LogP contribution < -0.4 is 4.74 Å². The Morgan fingerprint density at radius 3 is 2.59 bits per heavy atom. The van der Waals surface area contributed by atoms with E-state index in [1.165, 1.54) is 0 Å². The van der Waals surface area contributed by atoms with Crippen LogP contribution in [0.3, 0.4) is 0 Å². The molecule has 3 nitrogen and oxygen atoms in total. The summed E-state index contributed by atoms with van der Waals surface area (Å²) in [5, 5.41) is 9.29. The molecule has 0 radical (unpaired) electrons. The number of carboxylic acid groups (broad SMARTS) is 1. The summed E-state index contributed by atoms with van der Waals surface area (Å²) in [4.78, 5) is 11.3. The summed E-state index contributed by atoms with van der Waals surface area (Å²) in [7, 11) is 1.61. The lowest BCUT2D eigenvalue weighted by Crippen LogP contribution is -2.29. The minimum absolute atomic E-state index is 0.490. The highest BCUT2D eigenvalue weighted by Gasteiger charge is 2.32. The van der Waals surface area contributed by atoms with Gasteiger partial charge in [-0.3, -0.25) is 4.79 Å². The Morgan fingerprint density at radius 1 is 1.47 bits per heavy atom. The van der Waals surface area contributed by atoms with Crippen LogP contribution in [0.4, 0.5) is 0 Å². The molecule has 0 aliphatic heterocycles. The van der Waals surface area contributed by atoms with Crippen molar-refractivity contribution in [2.45, 2.75) is 33.6 Å². The Kier molecular flexibility index (Phi) is 4.16. The minimum atomic E-state index is -0.761. The topological polar surface area (TPSA) is 46.5 Å². The van der Waals surface area contributed by atoms with Crippen LogP contribution in [0.2, 0.25) is 0 Å². The zero-order valence-corrected chi connectivity index (χ0v) is 10.9. The molecule has 0 bridgehead atoms. The minimum Gasteiger partial charge on any atom is -0.496 e. The van der Waals surface area contributed by atoms with Crippen molar-refractivity contribution in [1.82, 2.24) is 0 Å². The first-order valence-electron chi connectivity index (χ1n) is 5.80. The van der Waals surface area contributed by atoms with Gasteiger partial charge in [0.25, 0.3) is 0 Å². The van der Waals surface area contributed by atoms with Crippen LogP contribution in [-0.4, -0.2) is 18.2 Å².